The number of rotatable bonds is 6. The molecule has 3 aromatic carbocycles. The standard InChI is InChI=1S/C25H20Br2N2O2/c1-16-6-8-18(9-7-16)15-31-21-5-3-4-19(13-21)12-20(14-28)25(30)29-24-22(26)10-17(2)11-23(24)27/h3-13H,15H2,1-2H3,(H,29,30)/b20-12+. The summed E-state index contributed by atoms with van der Waals surface area (Å²) in [7, 11) is 0. The molecule has 0 aliphatic heterocycles. The SMILES string of the molecule is Cc1ccc(COc2cccc(/C=C(\C#N)C(=O)Nc3c(Br)cc(C)cc3Br)c2)cc1. The Labute approximate surface area is 198 Å². The number of halogens is 2. The van der Waals surface area contributed by atoms with Gasteiger partial charge in [0, 0.05) is 8.95 Å². The van der Waals surface area contributed by atoms with Crippen molar-refractivity contribution in [1.82, 2.24) is 0 Å². The number of ether oxygens (including phenoxy) is 1. The van der Waals surface area contributed by atoms with Crippen molar-refractivity contribution < 1.29 is 9.53 Å². The third-order valence-corrected chi connectivity index (χ3v) is 5.74. The number of aryl methyl sites for hydroxylation is 2. The van der Waals surface area contributed by atoms with Gasteiger partial charge in [-0.3, -0.25) is 4.79 Å². The number of nitrogens with zero attached hydrogens (tertiary/aromatic N) is 1. The second-order valence-corrected chi connectivity index (χ2v) is 8.78. The smallest absolute Gasteiger partial charge is 0.266 e. The van der Waals surface area contributed by atoms with Crippen molar-refractivity contribution >= 4 is 49.5 Å². The molecule has 6 heteroatoms. The summed E-state index contributed by atoms with van der Waals surface area (Å²) < 4.78 is 7.33. The van der Waals surface area contributed by atoms with Gasteiger partial charge in [0.05, 0.1) is 5.69 Å². The maximum absolute atomic E-state index is 12.7. The normalized spacial score (nSPS) is 11.0. The zero-order valence-corrected chi connectivity index (χ0v) is 20.2. The van der Waals surface area contributed by atoms with E-state index in [9.17, 15) is 10.1 Å². The lowest BCUT2D eigenvalue weighted by molar-refractivity contribution is -0.112. The molecule has 0 spiro atoms. The van der Waals surface area contributed by atoms with E-state index >= 15 is 0 Å². The maximum Gasteiger partial charge on any atom is 0.266 e. The van der Waals surface area contributed by atoms with Gasteiger partial charge in [0.15, 0.2) is 0 Å². The van der Waals surface area contributed by atoms with E-state index in [1.807, 2.05) is 74.5 Å². The summed E-state index contributed by atoms with van der Waals surface area (Å²) in [6.07, 6.45) is 1.55. The number of carbonyl (C=O) groups excluding carboxylic acids is 1. The van der Waals surface area contributed by atoms with Crippen LogP contribution in [0.25, 0.3) is 6.08 Å². The Hall–Kier alpha value is -2.88. The summed E-state index contributed by atoms with van der Waals surface area (Å²) in [5.74, 6) is 0.176. The molecule has 0 aliphatic carbocycles. The van der Waals surface area contributed by atoms with Gasteiger partial charge in [-0.05, 0) is 92.7 Å². The molecule has 0 aromatic heterocycles. The number of benzene rings is 3. The van der Waals surface area contributed by atoms with E-state index in [2.05, 4.69) is 37.2 Å². The Morgan fingerprint density at radius 3 is 2.35 bits per heavy atom. The molecule has 0 radical (unpaired) electrons. The molecule has 0 fully saturated rings. The number of nitriles is 1. The van der Waals surface area contributed by atoms with Gasteiger partial charge in [0.25, 0.3) is 5.91 Å². The van der Waals surface area contributed by atoms with Crippen LogP contribution in [0.15, 0.2) is 75.2 Å². The number of hydrogen-bond donors (Lipinski definition) is 1. The van der Waals surface area contributed by atoms with Crippen LogP contribution in [0, 0.1) is 25.2 Å². The second-order valence-electron chi connectivity index (χ2n) is 7.07. The Balaban J connectivity index is 1.74. The van der Waals surface area contributed by atoms with E-state index in [1.54, 1.807) is 12.1 Å². The molecule has 4 nitrogen and oxygen atoms in total. The highest BCUT2D eigenvalue weighted by molar-refractivity contribution is 9.11. The van der Waals surface area contributed by atoms with Gasteiger partial charge in [-0.15, -0.1) is 0 Å². The van der Waals surface area contributed by atoms with E-state index in [1.165, 1.54) is 5.56 Å². The van der Waals surface area contributed by atoms with Gasteiger partial charge >= 0.3 is 0 Å². The molecule has 1 amide bonds. The Bertz CT molecular complexity index is 1160. The average Bonchev–Trinajstić information content (AvgIpc) is 2.74. The van der Waals surface area contributed by atoms with Gasteiger partial charge in [-0.25, -0.2) is 0 Å². The van der Waals surface area contributed by atoms with Crippen LogP contribution in [0.4, 0.5) is 5.69 Å². The summed E-state index contributed by atoms with van der Waals surface area (Å²) in [4.78, 5) is 12.7. The Morgan fingerprint density at radius 2 is 1.71 bits per heavy atom. The Morgan fingerprint density at radius 1 is 1.03 bits per heavy atom. The zero-order chi connectivity index (χ0) is 22.4. The van der Waals surface area contributed by atoms with Crippen LogP contribution in [0.3, 0.4) is 0 Å². The van der Waals surface area contributed by atoms with Crippen LogP contribution in [0.1, 0.15) is 22.3 Å². The molecule has 0 atom stereocenters. The number of amides is 1. The highest BCUT2D eigenvalue weighted by Gasteiger charge is 2.14. The van der Waals surface area contributed by atoms with Crippen LogP contribution in [-0.4, -0.2) is 5.91 Å². The van der Waals surface area contributed by atoms with E-state index in [0.29, 0.717) is 23.6 Å². The summed E-state index contributed by atoms with van der Waals surface area (Å²) in [6.45, 7) is 4.43. The van der Waals surface area contributed by atoms with Crippen molar-refractivity contribution in [3.05, 3.63) is 97.4 Å². The highest BCUT2D eigenvalue weighted by atomic mass is 79.9. The largest absolute Gasteiger partial charge is 0.489 e. The molecular formula is C25H20Br2N2O2. The molecule has 0 heterocycles. The third-order valence-electron chi connectivity index (χ3n) is 4.49. The first-order valence-corrected chi connectivity index (χ1v) is 11.1. The average molecular weight is 540 g/mol. The first-order chi connectivity index (χ1) is 14.9. The molecule has 0 unspecified atom stereocenters. The lowest BCUT2D eigenvalue weighted by atomic mass is 10.1. The lowest BCUT2D eigenvalue weighted by Crippen LogP contribution is -2.14. The van der Waals surface area contributed by atoms with Gasteiger partial charge in [0.2, 0.25) is 0 Å². The topological polar surface area (TPSA) is 62.1 Å². The fraction of sp³-hybridized carbons (Fsp3) is 0.120. The minimum absolute atomic E-state index is 0.00457. The van der Waals surface area contributed by atoms with Crippen molar-refractivity contribution in [2.45, 2.75) is 20.5 Å². The molecule has 3 rings (SSSR count). The molecule has 31 heavy (non-hydrogen) atoms. The van der Waals surface area contributed by atoms with E-state index in [4.69, 9.17) is 4.74 Å². The molecule has 0 saturated heterocycles. The quantitative estimate of drug-likeness (QED) is 0.272. The minimum Gasteiger partial charge on any atom is -0.489 e. The van der Waals surface area contributed by atoms with Crippen LogP contribution >= 0.6 is 31.9 Å². The molecular weight excluding hydrogens is 520 g/mol. The summed E-state index contributed by atoms with van der Waals surface area (Å²) in [5, 5.41) is 12.3. The molecule has 3 aromatic rings. The fourth-order valence-electron chi connectivity index (χ4n) is 2.86. The van der Waals surface area contributed by atoms with Crippen molar-refractivity contribution in [1.29, 1.82) is 5.26 Å². The summed E-state index contributed by atoms with van der Waals surface area (Å²) in [6, 6.07) is 21.2. The van der Waals surface area contributed by atoms with Crippen molar-refractivity contribution in [3.8, 4) is 11.8 Å². The molecule has 156 valence electrons. The van der Waals surface area contributed by atoms with Gasteiger partial charge < -0.3 is 10.1 Å². The first-order valence-electron chi connectivity index (χ1n) is 9.53. The minimum atomic E-state index is -0.487. The van der Waals surface area contributed by atoms with Gasteiger partial charge in [-0.1, -0.05) is 42.0 Å². The Kier molecular flexibility index (Phi) is 7.67. The summed E-state index contributed by atoms with van der Waals surface area (Å²) in [5.41, 5.74) is 4.58. The van der Waals surface area contributed by atoms with Crippen LogP contribution in [0.5, 0.6) is 5.75 Å². The zero-order valence-electron chi connectivity index (χ0n) is 17.1. The predicted octanol–water partition coefficient (Wildman–Crippen LogP) is 6.95. The number of anilines is 1. The maximum atomic E-state index is 12.7. The highest BCUT2D eigenvalue weighted by Crippen LogP contribution is 2.32. The van der Waals surface area contributed by atoms with Crippen molar-refractivity contribution in [3.63, 3.8) is 0 Å². The molecule has 0 bridgehead atoms. The first kappa shape index (κ1) is 22.8. The number of carbonyl (C=O) groups is 1. The molecule has 1 N–H and O–H groups in total. The molecule has 0 saturated carbocycles. The second kappa shape index (κ2) is 10.4. The summed E-state index contributed by atoms with van der Waals surface area (Å²) >= 11 is 6.90. The van der Waals surface area contributed by atoms with Crippen LogP contribution < -0.4 is 10.1 Å². The molecule has 0 aliphatic rings. The number of nitrogens with one attached hydrogen (secondary N) is 1. The van der Waals surface area contributed by atoms with Crippen LogP contribution in [-0.2, 0) is 11.4 Å². The lowest BCUT2D eigenvalue weighted by Gasteiger charge is -2.10. The van der Waals surface area contributed by atoms with E-state index in [0.717, 1.165) is 20.1 Å². The monoisotopic (exact) mass is 538 g/mol. The van der Waals surface area contributed by atoms with E-state index < -0.39 is 5.91 Å². The van der Waals surface area contributed by atoms with E-state index in [-0.39, 0.29) is 5.57 Å². The van der Waals surface area contributed by atoms with Crippen LogP contribution in [0.2, 0.25) is 0 Å². The van der Waals surface area contributed by atoms with Gasteiger partial charge in [0.1, 0.15) is 24.0 Å². The van der Waals surface area contributed by atoms with Crippen molar-refractivity contribution in [2.75, 3.05) is 5.32 Å². The van der Waals surface area contributed by atoms with Crippen molar-refractivity contribution in [2.24, 2.45) is 0 Å². The van der Waals surface area contributed by atoms with Gasteiger partial charge in [-0.2, -0.15) is 5.26 Å². The predicted molar refractivity (Wildman–Crippen MR) is 131 cm³/mol. The fourth-order valence-corrected chi connectivity index (χ4v) is 4.47. The third kappa shape index (κ3) is 6.30. The number of hydrogen-bond acceptors (Lipinski definition) is 3.